The summed E-state index contributed by atoms with van der Waals surface area (Å²) in [5.74, 6) is 0. The zero-order valence-electron chi connectivity index (χ0n) is 30.4. The van der Waals surface area contributed by atoms with Gasteiger partial charge in [-0.15, -0.1) is 0 Å². The second-order valence-electron chi connectivity index (χ2n) is 14.4. The molecule has 0 spiro atoms. The Balaban J connectivity index is 1.08. The van der Waals surface area contributed by atoms with Crippen molar-refractivity contribution < 1.29 is 4.42 Å². The topological polar surface area (TPSA) is 42.5 Å². The molecule has 4 heteroatoms. The van der Waals surface area contributed by atoms with E-state index in [-0.39, 0.29) is 6.17 Å². The highest BCUT2D eigenvalue weighted by Crippen LogP contribution is 2.42. The highest BCUT2D eigenvalue weighted by Gasteiger charge is 2.22. The third kappa shape index (κ3) is 5.42. The van der Waals surface area contributed by atoms with E-state index in [1.807, 2.05) is 6.07 Å². The van der Waals surface area contributed by atoms with E-state index in [2.05, 4.69) is 204 Å². The van der Waals surface area contributed by atoms with Crippen LogP contribution < -0.4 is 5.32 Å². The van der Waals surface area contributed by atoms with Crippen molar-refractivity contribution in [3.63, 3.8) is 0 Å². The lowest BCUT2D eigenvalue weighted by Gasteiger charge is -2.25. The van der Waals surface area contributed by atoms with E-state index in [4.69, 9.17) is 9.41 Å². The van der Waals surface area contributed by atoms with Crippen molar-refractivity contribution in [2.24, 2.45) is 4.99 Å². The Morgan fingerprint density at radius 3 is 1.80 bits per heavy atom. The number of para-hydroxylation sites is 2. The maximum Gasteiger partial charge on any atom is 0.145 e. The molecule has 11 rings (SSSR count). The van der Waals surface area contributed by atoms with Crippen molar-refractivity contribution in [2.45, 2.75) is 6.17 Å². The fourth-order valence-corrected chi connectivity index (χ4v) is 8.38. The molecule has 264 valence electrons. The van der Waals surface area contributed by atoms with E-state index >= 15 is 0 Å². The van der Waals surface area contributed by atoms with Crippen LogP contribution in [0.25, 0.3) is 77.4 Å². The maximum atomic E-state index is 6.86. The molecule has 0 aliphatic carbocycles. The summed E-state index contributed by atoms with van der Waals surface area (Å²) in [6.45, 7) is 0. The number of benzene rings is 8. The van der Waals surface area contributed by atoms with Gasteiger partial charge in [0.05, 0.1) is 16.7 Å². The normalized spacial score (nSPS) is 14.2. The molecule has 0 amide bonds. The number of aromatic nitrogens is 1. The van der Waals surface area contributed by atoms with Crippen molar-refractivity contribution in [3.8, 4) is 27.9 Å². The predicted molar refractivity (Wildman–Crippen MR) is 232 cm³/mol. The number of hydrogen-bond acceptors (Lipinski definition) is 3. The van der Waals surface area contributed by atoms with E-state index in [0.29, 0.717) is 0 Å². The molecule has 0 saturated heterocycles. The fraction of sp³-hybridized carbons (Fsp3) is 0.0192. The summed E-state index contributed by atoms with van der Waals surface area (Å²) in [6, 6.07) is 68.7. The molecule has 3 heterocycles. The molecular weight excluding hydrogens is 683 g/mol. The summed E-state index contributed by atoms with van der Waals surface area (Å²) >= 11 is 0. The average Bonchev–Trinajstić information content (AvgIpc) is 3.82. The fourth-order valence-electron chi connectivity index (χ4n) is 8.38. The van der Waals surface area contributed by atoms with Gasteiger partial charge in [-0.05, 0) is 87.5 Å². The molecule has 1 atom stereocenters. The van der Waals surface area contributed by atoms with E-state index in [1.54, 1.807) is 0 Å². The van der Waals surface area contributed by atoms with Gasteiger partial charge in [-0.2, -0.15) is 0 Å². The molecule has 1 unspecified atom stereocenters. The molecule has 1 N–H and O–H groups in total. The van der Waals surface area contributed by atoms with Crippen molar-refractivity contribution in [1.29, 1.82) is 0 Å². The SMILES string of the molecule is C1=C(c2ccccc2)NC(c2cccc(-c3cc(-c4ccccc4)cc4oc5cc(-n6c7ccccc7c7ccccc76)ccc5c34)c2)N=C1c1ccccc1. The van der Waals surface area contributed by atoms with Crippen LogP contribution in [0.15, 0.2) is 210 Å². The highest BCUT2D eigenvalue weighted by atomic mass is 16.3. The van der Waals surface area contributed by atoms with Gasteiger partial charge in [0.2, 0.25) is 0 Å². The monoisotopic (exact) mass is 717 g/mol. The van der Waals surface area contributed by atoms with Crippen LogP contribution in [0, 0.1) is 0 Å². The van der Waals surface area contributed by atoms with Gasteiger partial charge in [0.1, 0.15) is 17.3 Å². The molecule has 0 bridgehead atoms. The van der Waals surface area contributed by atoms with E-state index in [1.165, 1.54) is 21.8 Å². The summed E-state index contributed by atoms with van der Waals surface area (Å²) in [5, 5.41) is 8.42. The molecule has 0 fully saturated rings. The van der Waals surface area contributed by atoms with Crippen molar-refractivity contribution >= 4 is 55.2 Å². The summed E-state index contributed by atoms with van der Waals surface area (Å²) in [7, 11) is 0. The van der Waals surface area contributed by atoms with Crippen molar-refractivity contribution in [3.05, 3.63) is 217 Å². The van der Waals surface area contributed by atoms with Crippen molar-refractivity contribution in [2.75, 3.05) is 0 Å². The van der Waals surface area contributed by atoms with Crippen molar-refractivity contribution in [1.82, 2.24) is 9.88 Å². The number of fused-ring (bicyclic) bond motifs is 6. The molecule has 4 nitrogen and oxygen atoms in total. The molecule has 2 aromatic heterocycles. The Morgan fingerprint density at radius 2 is 1.09 bits per heavy atom. The minimum Gasteiger partial charge on any atom is -0.456 e. The lowest BCUT2D eigenvalue weighted by atomic mass is 9.93. The first-order valence-electron chi connectivity index (χ1n) is 19.1. The van der Waals surface area contributed by atoms with Gasteiger partial charge >= 0.3 is 0 Å². The van der Waals surface area contributed by atoms with E-state index in [0.717, 1.165) is 78.0 Å². The second-order valence-corrected chi connectivity index (χ2v) is 14.4. The summed E-state index contributed by atoms with van der Waals surface area (Å²) in [6.07, 6.45) is 1.87. The zero-order valence-corrected chi connectivity index (χ0v) is 30.4. The van der Waals surface area contributed by atoms with Crippen LogP contribution >= 0.6 is 0 Å². The largest absolute Gasteiger partial charge is 0.456 e. The summed E-state index contributed by atoms with van der Waals surface area (Å²) < 4.78 is 9.20. The zero-order chi connectivity index (χ0) is 37.0. The first-order chi connectivity index (χ1) is 27.7. The minimum absolute atomic E-state index is 0.284. The molecular formula is C52H35N3O. The quantitative estimate of drug-likeness (QED) is 0.186. The Bertz CT molecular complexity index is 3100. The first kappa shape index (κ1) is 32.0. The Kier molecular flexibility index (Phi) is 7.52. The Hall–Kier alpha value is -7.43. The van der Waals surface area contributed by atoms with Gasteiger partial charge in [-0.1, -0.05) is 146 Å². The Morgan fingerprint density at radius 1 is 0.464 bits per heavy atom. The summed E-state index contributed by atoms with van der Waals surface area (Å²) in [5.41, 5.74) is 14.9. The van der Waals surface area contributed by atoms with Crippen LogP contribution in [-0.2, 0) is 0 Å². The van der Waals surface area contributed by atoms with Crippen LogP contribution in [0.5, 0.6) is 0 Å². The maximum absolute atomic E-state index is 6.86. The molecule has 0 radical (unpaired) electrons. The third-order valence-corrected chi connectivity index (χ3v) is 11.0. The Labute approximate surface area is 324 Å². The third-order valence-electron chi connectivity index (χ3n) is 11.0. The molecule has 10 aromatic rings. The van der Waals surface area contributed by atoms with E-state index < -0.39 is 0 Å². The van der Waals surface area contributed by atoms with Gasteiger partial charge in [-0.3, -0.25) is 4.99 Å². The number of nitrogens with one attached hydrogen (secondary N) is 1. The summed E-state index contributed by atoms with van der Waals surface area (Å²) in [4.78, 5) is 5.29. The minimum atomic E-state index is -0.284. The van der Waals surface area contributed by atoms with Crippen LogP contribution in [0.2, 0.25) is 0 Å². The average molecular weight is 718 g/mol. The lowest BCUT2D eigenvalue weighted by molar-refractivity contribution is 0.664. The standard InChI is InChI=1S/C52H35N3O/c1-4-15-34(16-5-1)39-30-44(37-21-14-22-38(29-37)52-53-45(35-17-6-2-7-18-35)33-46(54-52)36-19-8-3-9-20-36)51-43-28-27-40(32-49(43)56-50(51)31-39)55-47-25-12-10-23-41(47)42-24-11-13-26-48(42)55/h1-33,52-53H. The van der Waals surface area contributed by atoms with E-state index in [9.17, 15) is 0 Å². The molecule has 56 heavy (non-hydrogen) atoms. The highest BCUT2D eigenvalue weighted by molar-refractivity contribution is 6.15. The molecule has 0 saturated carbocycles. The number of aliphatic imine (C=N–C) groups is 1. The van der Waals surface area contributed by atoms with Gasteiger partial charge < -0.3 is 14.3 Å². The molecule has 1 aliphatic heterocycles. The number of furan rings is 1. The van der Waals surface area contributed by atoms with Gasteiger partial charge in [0, 0.05) is 39.0 Å². The number of nitrogens with zero attached hydrogens (tertiary/aromatic N) is 2. The van der Waals surface area contributed by atoms with Gasteiger partial charge in [0.25, 0.3) is 0 Å². The lowest BCUT2D eigenvalue weighted by Crippen LogP contribution is -2.24. The predicted octanol–water partition coefficient (Wildman–Crippen LogP) is 13.1. The number of rotatable bonds is 6. The number of hydrogen-bond donors (Lipinski definition) is 1. The number of allylic oxidation sites excluding steroid dienone is 1. The first-order valence-corrected chi connectivity index (χ1v) is 19.1. The van der Waals surface area contributed by atoms with Crippen LogP contribution in [-0.4, -0.2) is 10.3 Å². The van der Waals surface area contributed by atoms with Crippen LogP contribution in [0.3, 0.4) is 0 Å². The molecule has 8 aromatic carbocycles. The second kappa shape index (κ2) is 13.2. The van der Waals surface area contributed by atoms with Crippen LogP contribution in [0.1, 0.15) is 22.9 Å². The molecule has 1 aliphatic rings. The van der Waals surface area contributed by atoms with Crippen LogP contribution in [0.4, 0.5) is 0 Å². The van der Waals surface area contributed by atoms with Gasteiger partial charge in [-0.25, -0.2) is 0 Å². The smallest absolute Gasteiger partial charge is 0.145 e. The van der Waals surface area contributed by atoms with Gasteiger partial charge in [0.15, 0.2) is 0 Å².